The van der Waals surface area contributed by atoms with Crippen molar-refractivity contribution in [1.29, 1.82) is 0 Å². The number of aromatic nitrogens is 1. The van der Waals surface area contributed by atoms with E-state index in [9.17, 15) is 0 Å². The first-order chi connectivity index (χ1) is 23.6. The third kappa shape index (κ3) is 2.84. The van der Waals surface area contributed by atoms with Crippen LogP contribution in [0.3, 0.4) is 0 Å². The number of nitrogens with zero attached hydrogens (tertiary/aromatic N) is 1. The molecule has 3 heteroatoms. The normalized spacial score (nSPS) is 14.2. The highest BCUT2D eigenvalue weighted by molar-refractivity contribution is 6.32. The zero-order valence-electron chi connectivity index (χ0n) is 26.4. The Balaban J connectivity index is 1.25. The molecule has 11 aromatic rings. The molecule has 4 aromatic heterocycles. The van der Waals surface area contributed by atoms with Gasteiger partial charge in [-0.3, -0.25) is 0 Å². The number of furan rings is 2. The molecular weight excluding hydrogens is 587 g/mol. The molecule has 3 nitrogen and oxygen atoms in total. The molecule has 0 unspecified atom stereocenters. The van der Waals surface area contributed by atoms with E-state index in [4.69, 9.17) is 8.83 Å². The Labute approximate surface area is 274 Å². The van der Waals surface area contributed by atoms with E-state index in [1.54, 1.807) is 0 Å². The predicted molar refractivity (Wildman–Crippen MR) is 199 cm³/mol. The first-order valence-electron chi connectivity index (χ1n) is 16.7. The Morgan fingerprint density at radius 1 is 0.417 bits per heavy atom. The number of benzene rings is 7. The van der Waals surface area contributed by atoms with Gasteiger partial charge in [-0.1, -0.05) is 98.8 Å². The minimum atomic E-state index is -0.0642. The lowest BCUT2D eigenvalue weighted by atomic mass is 9.81. The third-order valence-corrected chi connectivity index (χ3v) is 11.3. The smallest absolute Gasteiger partial charge is 0.160 e. The molecular formula is C45H27NO2. The van der Waals surface area contributed by atoms with Gasteiger partial charge in [-0.15, -0.1) is 0 Å². The third-order valence-electron chi connectivity index (χ3n) is 11.3. The number of fused-ring (bicyclic) bond motifs is 17. The molecule has 7 aromatic carbocycles. The summed E-state index contributed by atoms with van der Waals surface area (Å²) in [7, 11) is 0. The van der Waals surface area contributed by atoms with E-state index in [0.29, 0.717) is 0 Å². The van der Waals surface area contributed by atoms with E-state index in [1.807, 2.05) is 12.1 Å². The number of para-hydroxylation sites is 2. The summed E-state index contributed by atoms with van der Waals surface area (Å²) in [5.41, 5.74) is 14.9. The number of hydrogen-bond donors (Lipinski definition) is 0. The van der Waals surface area contributed by atoms with Gasteiger partial charge in [0.15, 0.2) is 11.2 Å². The molecule has 0 fully saturated rings. The van der Waals surface area contributed by atoms with Crippen LogP contribution < -0.4 is 0 Å². The Hall–Kier alpha value is -6.06. The summed E-state index contributed by atoms with van der Waals surface area (Å²) in [6.45, 7) is 4.70. The van der Waals surface area contributed by atoms with Gasteiger partial charge in [0.2, 0.25) is 0 Å². The van der Waals surface area contributed by atoms with Crippen LogP contribution in [0.4, 0.5) is 0 Å². The molecule has 0 bridgehead atoms. The van der Waals surface area contributed by atoms with Crippen LogP contribution in [0.5, 0.6) is 0 Å². The lowest BCUT2D eigenvalue weighted by Crippen LogP contribution is -2.14. The fourth-order valence-corrected chi connectivity index (χ4v) is 9.10. The standard InChI is InChI=1S/C45H27NO2/c1-45(2)36-12-6-3-9-26(36)27-16-15-24(23-37(27)45)25-21-34-30-17-19-32-28-10-4-7-13-38(28)47-43(32)41(30)46-40(34)35(22-25)31-18-20-33-29-11-5-8-14-39(29)48-44(33)42(31)46/h3-23H,1-2H3. The monoisotopic (exact) mass is 613 g/mol. The van der Waals surface area contributed by atoms with Gasteiger partial charge < -0.3 is 13.2 Å². The molecule has 12 rings (SSSR count). The average Bonchev–Trinajstić information content (AvgIpc) is 3.90. The summed E-state index contributed by atoms with van der Waals surface area (Å²) in [6, 6.07) is 46.5. The van der Waals surface area contributed by atoms with E-state index in [-0.39, 0.29) is 5.41 Å². The van der Waals surface area contributed by atoms with Crippen LogP contribution in [0.2, 0.25) is 0 Å². The average molecular weight is 614 g/mol. The van der Waals surface area contributed by atoms with E-state index in [2.05, 4.69) is 134 Å². The van der Waals surface area contributed by atoms with Crippen LogP contribution in [0.25, 0.3) is 104 Å². The summed E-state index contributed by atoms with van der Waals surface area (Å²) in [4.78, 5) is 0. The molecule has 0 saturated carbocycles. The van der Waals surface area contributed by atoms with Gasteiger partial charge in [-0.2, -0.15) is 0 Å². The van der Waals surface area contributed by atoms with Crippen LogP contribution in [0, 0.1) is 0 Å². The topological polar surface area (TPSA) is 30.7 Å². The van der Waals surface area contributed by atoms with E-state index in [1.165, 1.54) is 60.4 Å². The molecule has 0 N–H and O–H groups in total. The van der Waals surface area contributed by atoms with Gasteiger partial charge >= 0.3 is 0 Å². The highest BCUT2D eigenvalue weighted by atomic mass is 16.3. The zero-order valence-corrected chi connectivity index (χ0v) is 26.4. The van der Waals surface area contributed by atoms with Gasteiger partial charge in [0, 0.05) is 48.5 Å². The fourth-order valence-electron chi connectivity index (χ4n) is 9.10. The molecule has 0 radical (unpaired) electrons. The molecule has 224 valence electrons. The van der Waals surface area contributed by atoms with Gasteiger partial charge in [0.05, 0.1) is 16.6 Å². The van der Waals surface area contributed by atoms with Gasteiger partial charge in [0.1, 0.15) is 11.2 Å². The van der Waals surface area contributed by atoms with Crippen LogP contribution in [0.15, 0.2) is 136 Å². The molecule has 0 spiro atoms. The highest BCUT2D eigenvalue weighted by Gasteiger charge is 2.35. The fraction of sp³-hybridized carbons (Fsp3) is 0.0667. The second kappa shape index (κ2) is 8.26. The Morgan fingerprint density at radius 2 is 0.958 bits per heavy atom. The first kappa shape index (κ1) is 25.1. The lowest BCUT2D eigenvalue weighted by Gasteiger charge is -2.22. The minimum absolute atomic E-state index is 0.0642. The Morgan fingerprint density at radius 3 is 1.60 bits per heavy atom. The molecule has 0 atom stereocenters. The van der Waals surface area contributed by atoms with Crippen molar-refractivity contribution in [3.63, 3.8) is 0 Å². The maximum atomic E-state index is 6.71. The van der Waals surface area contributed by atoms with Crippen LogP contribution >= 0.6 is 0 Å². The summed E-state index contributed by atoms with van der Waals surface area (Å²) < 4.78 is 15.9. The molecule has 4 heterocycles. The van der Waals surface area contributed by atoms with Crippen molar-refractivity contribution in [2.24, 2.45) is 0 Å². The maximum absolute atomic E-state index is 6.71. The van der Waals surface area contributed by atoms with Crippen molar-refractivity contribution in [1.82, 2.24) is 4.40 Å². The summed E-state index contributed by atoms with van der Waals surface area (Å²) >= 11 is 0. The largest absolute Gasteiger partial charge is 0.454 e. The van der Waals surface area contributed by atoms with Crippen molar-refractivity contribution in [2.75, 3.05) is 0 Å². The summed E-state index contributed by atoms with van der Waals surface area (Å²) in [5, 5.41) is 9.35. The van der Waals surface area contributed by atoms with Crippen molar-refractivity contribution < 1.29 is 8.83 Å². The predicted octanol–water partition coefficient (Wildman–Crippen LogP) is 12.6. The SMILES string of the molecule is CC1(C)c2ccccc2-c2ccc(-c3cc4c5ccc6c7ccccc7oc6c5n5c4c(c3)c3ccc4c6ccccc6oc4c35)cc21. The van der Waals surface area contributed by atoms with Crippen molar-refractivity contribution in [3.05, 3.63) is 139 Å². The minimum Gasteiger partial charge on any atom is -0.454 e. The quantitative estimate of drug-likeness (QED) is 0.184. The number of rotatable bonds is 1. The van der Waals surface area contributed by atoms with Crippen molar-refractivity contribution in [3.8, 4) is 22.3 Å². The van der Waals surface area contributed by atoms with Gasteiger partial charge in [-0.25, -0.2) is 0 Å². The summed E-state index contributed by atoms with van der Waals surface area (Å²) in [6.07, 6.45) is 0. The lowest BCUT2D eigenvalue weighted by molar-refractivity contribution is 0.660. The summed E-state index contributed by atoms with van der Waals surface area (Å²) in [5.74, 6) is 0. The van der Waals surface area contributed by atoms with Crippen LogP contribution in [-0.2, 0) is 5.41 Å². The first-order valence-corrected chi connectivity index (χ1v) is 16.7. The van der Waals surface area contributed by atoms with Gasteiger partial charge in [0.25, 0.3) is 0 Å². The second-order valence-electron chi connectivity index (χ2n) is 14.1. The maximum Gasteiger partial charge on any atom is 0.160 e. The van der Waals surface area contributed by atoms with Crippen LogP contribution in [0.1, 0.15) is 25.0 Å². The molecule has 0 amide bonds. The molecule has 1 aliphatic carbocycles. The van der Waals surface area contributed by atoms with E-state index < -0.39 is 0 Å². The zero-order chi connectivity index (χ0) is 31.5. The number of hydrogen-bond acceptors (Lipinski definition) is 2. The van der Waals surface area contributed by atoms with Crippen molar-refractivity contribution in [2.45, 2.75) is 19.3 Å². The molecule has 0 saturated heterocycles. The Kier molecular flexibility index (Phi) is 4.31. The molecule has 0 aliphatic heterocycles. The highest BCUT2D eigenvalue weighted by Crippen LogP contribution is 2.51. The van der Waals surface area contributed by atoms with Crippen molar-refractivity contribution >= 4 is 82.0 Å². The Bertz CT molecular complexity index is 3040. The second-order valence-corrected chi connectivity index (χ2v) is 14.1. The van der Waals surface area contributed by atoms with Crippen LogP contribution in [-0.4, -0.2) is 4.40 Å². The molecule has 1 aliphatic rings. The van der Waals surface area contributed by atoms with E-state index in [0.717, 1.165) is 54.9 Å². The van der Waals surface area contributed by atoms with Gasteiger partial charge in [-0.05, 0) is 75.8 Å². The molecule has 48 heavy (non-hydrogen) atoms. The van der Waals surface area contributed by atoms with E-state index >= 15 is 0 Å².